The van der Waals surface area contributed by atoms with Gasteiger partial charge in [0.05, 0.1) is 22.1 Å². The molecule has 9 nitrogen and oxygen atoms in total. The van der Waals surface area contributed by atoms with Crippen LogP contribution in [0.15, 0.2) is 72.6 Å². The number of likely N-dealkylation sites (N-methyl/N-ethyl adjacent to an activating group) is 1. The molecule has 1 N–H and O–H groups in total. The minimum atomic E-state index is -0.725. The van der Waals surface area contributed by atoms with Gasteiger partial charge in [-0.05, 0) is 23.8 Å². The number of aryl methyl sites for hydroxylation is 1. The Kier molecular flexibility index (Phi) is 5.39. The third-order valence-electron chi connectivity index (χ3n) is 5.20. The highest BCUT2D eigenvalue weighted by Crippen LogP contribution is 2.28. The van der Waals surface area contributed by atoms with E-state index in [0.717, 1.165) is 26.6 Å². The van der Waals surface area contributed by atoms with Crippen LogP contribution in [-0.4, -0.2) is 50.1 Å². The molecule has 2 amide bonds. The van der Waals surface area contributed by atoms with Gasteiger partial charge in [-0.15, -0.1) is 0 Å². The Morgan fingerprint density at radius 1 is 1.12 bits per heavy atom. The van der Waals surface area contributed by atoms with E-state index in [9.17, 15) is 14.4 Å². The average Bonchev–Trinajstić information content (AvgIpc) is 3.17. The number of hydrogen-bond acceptors (Lipinski definition) is 5. The van der Waals surface area contributed by atoms with Crippen molar-refractivity contribution >= 4 is 39.3 Å². The quantitative estimate of drug-likeness (QED) is 0.477. The van der Waals surface area contributed by atoms with Crippen LogP contribution in [0.5, 0.6) is 0 Å². The van der Waals surface area contributed by atoms with E-state index in [1.54, 1.807) is 16.8 Å². The molecule has 0 spiro atoms. The van der Waals surface area contributed by atoms with Crippen molar-refractivity contribution in [1.82, 2.24) is 29.5 Å². The summed E-state index contributed by atoms with van der Waals surface area (Å²) in [5.74, 6) is -1.19. The second-order valence-corrected chi connectivity index (χ2v) is 7.78. The van der Waals surface area contributed by atoms with Crippen molar-refractivity contribution in [3.05, 3.63) is 78.1 Å². The molecule has 0 bridgehead atoms. The molecular weight excluding hydrogens is 420 g/mol. The lowest BCUT2D eigenvalue weighted by Crippen LogP contribution is -2.36. The lowest BCUT2D eigenvalue weighted by molar-refractivity contribution is -0.126. The summed E-state index contributed by atoms with van der Waals surface area (Å²) in [7, 11) is 4.93. The molecule has 0 aliphatic carbocycles. The summed E-state index contributed by atoms with van der Waals surface area (Å²) in [5, 5.41) is 8.06. The number of carbonyl (C=O) groups excluding carboxylic acids is 2. The smallest absolute Gasteiger partial charge is 0.272 e. The predicted molar refractivity (Wildman–Crippen MR) is 127 cm³/mol. The molecule has 0 unspecified atom stereocenters. The lowest BCUT2D eigenvalue weighted by atomic mass is 10.0. The van der Waals surface area contributed by atoms with Crippen molar-refractivity contribution in [2.75, 3.05) is 14.1 Å². The first-order valence-corrected chi connectivity index (χ1v) is 10.0. The molecule has 9 heteroatoms. The van der Waals surface area contributed by atoms with Gasteiger partial charge < -0.3 is 10.2 Å². The molecule has 4 aromatic rings. The van der Waals surface area contributed by atoms with Gasteiger partial charge in [0.15, 0.2) is 0 Å². The van der Waals surface area contributed by atoms with Gasteiger partial charge in [0.1, 0.15) is 12.0 Å². The zero-order chi connectivity index (χ0) is 23.9. The zero-order valence-corrected chi connectivity index (χ0v) is 18.5. The molecule has 0 saturated carbocycles. The van der Waals surface area contributed by atoms with Gasteiger partial charge in [-0.2, -0.15) is 5.10 Å². The van der Waals surface area contributed by atoms with Crippen LogP contribution in [0.3, 0.4) is 0 Å². The first-order chi connectivity index (χ1) is 15.7. The molecule has 4 rings (SSSR count). The molecule has 0 saturated heterocycles. The van der Waals surface area contributed by atoms with E-state index in [0.29, 0.717) is 10.9 Å². The van der Waals surface area contributed by atoms with E-state index in [-0.39, 0.29) is 11.4 Å². The Bertz CT molecular complexity index is 1530. The Labute approximate surface area is 189 Å². The fraction of sp³-hybridized carbons (Fsp3) is 0.125. The van der Waals surface area contributed by atoms with E-state index in [2.05, 4.69) is 28.6 Å². The van der Waals surface area contributed by atoms with Gasteiger partial charge in [-0.1, -0.05) is 31.4 Å². The van der Waals surface area contributed by atoms with Gasteiger partial charge >= 0.3 is 0 Å². The number of carbonyl (C=O) groups is 2. The normalized spacial score (nSPS) is 10.9. The molecule has 0 fully saturated rings. The van der Waals surface area contributed by atoms with Crippen LogP contribution in [-0.2, 0) is 16.6 Å². The van der Waals surface area contributed by atoms with Crippen LogP contribution in [0.25, 0.3) is 38.6 Å². The maximum Gasteiger partial charge on any atom is 0.272 e. The average molecular weight is 442 g/mol. The first-order valence-electron chi connectivity index (χ1n) is 10.0. The van der Waals surface area contributed by atoms with Gasteiger partial charge in [0.2, 0.25) is 0 Å². The fourth-order valence-electron chi connectivity index (χ4n) is 3.54. The van der Waals surface area contributed by atoms with E-state index < -0.39 is 17.4 Å². The Morgan fingerprint density at radius 2 is 1.88 bits per heavy atom. The minimum absolute atomic E-state index is 0.124. The first kappa shape index (κ1) is 21.7. The number of benzene rings is 2. The van der Waals surface area contributed by atoms with Crippen molar-refractivity contribution < 1.29 is 9.59 Å². The summed E-state index contributed by atoms with van der Waals surface area (Å²) in [5.41, 5.74) is 2.29. The number of nitrogens with one attached hydrogen (secondary N) is 1. The van der Waals surface area contributed by atoms with Crippen LogP contribution in [0.1, 0.15) is 0 Å². The van der Waals surface area contributed by atoms with Crippen molar-refractivity contribution in [3.63, 3.8) is 0 Å². The zero-order valence-electron chi connectivity index (χ0n) is 18.5. The molecule has 166 valence electrons. The predicted octanol–water partition coefficient (Wildman–Crippen LogP) is 2.14. The highest BCUT2D eigenvalue weighted by atomic mass is 16.2. The third-order valence-corrected chi connectivity index (χ3v) is 5.20. The summed E-state index contributed by atoms with van der Waals surface area (Å²) in [4.78, 5) is 43.4. The fourth-order valence-corrected chi connectivity index (χ4v) is 3.54. The summed E-state index contributed by atoms with van der Waals surface area (Å²) >= 11 is 0. The van der Waals surface area contributed by atoms with Crippen molar-refractivity contribution in [2.45, 2.75) is 0 Å². The molecule has 0 aliphatic rings. The third kappa shape index (κ3) is 3.91. The van der Waals surface area contributed by atoms with E-state index >= 15 is 0 Å². The second-order valence-electron chi connectivity index (χ2n) is 7.78. The van der Waals surface area contributed by atoms with Crippen LogP contribution < -0.4 is 10.9 Å². The minimum Gasteiger partial charge on any atom is -0.344 e. The van der Waals surface area contributed by atoms with Gasteiger partial charge in [0, 0.05) is 38.3 Å². The number of amides is 2. The molecule has 0 atom stereocenters. The number of rotatable bonds is 5. The second kappa shape index (κ2) is 8.19. The summed E-state index contributed by atoms with van der Waals surface area (Å²) in [6.07, 6.45) is 3.18. The van der Waals surface area contributed by atoms with Gasteiger partial charge in [0.25, 0.3) is 17.4 Å². The molecule has 0 aliphatic heterocycles. The molecule has 0 radical (unpaired) electrons. The summed E-state index contributed by atoms with van der Waals surface area (Å²) in [6, 6.07) is 11.1. The van der Waals surface area contributed by atoms with Crippen LogP contribution in [0.4, 0.5) is 0 Å². The van der Waals surface area contributed by atoms with E-state index in [1.165, 1.54) is 25.3 Å². The largest absolute Gasteiger partial charge is 0.344 e. The monoisotopic (exact) mass is 442 g/mol. The molecular formula is C24H22N6O3. The van der Waals surface area contributed by atoms with Crippen molar-refractivity contribution in [3.8, 4) is 11.1 Å². The SMILES string of the molecule is C=C(NC(=O)C(=C)n1cnc2c(-c3ccc4nn(C)cc4c3)cccc2c1=O)C(=O)N(C)C. The van der Waals surface area contributed by atoms with Crippen LogP contribution in [0, 0.1) is 0 Å². The number of aromatic nitrogens is 4. The molecule has 2 aromatic carbocycles. The van der Waals surface area contributed by atoms with E-state index in [1.807, 2.05) is 37.5 Å². The Morgan fingerprint density at radius 3 is 2.61 bits per heavy atom. The number of nitrogens with zero attached hydrogens (tertiary/aromatic N) is 5. The molecule has 33 heavy (non-hydrogen) atoms. The van der Waals surface area contributed by atoms with Crippen LogP contribution in [0.2, 0.25) is 0 Å². The standard InChI is InChI=1S/C24H22N6O3/c1-14(23(32)28(3)4)26-22(31)15(2)30-13-25-21-18(7-6-8-19(21)24(30)33)16-9-10-20-17(11-16)12-29(5)27-20/h6-13H,1-2H2,3-5H3,(H,26,31). The summed E-state index contributed by atoms with van der Waals surface area (Å²) in [6.45, 7) is 7.26. The van der Waals surface area contributed by atoms with Crippen molar-refractivity contribution in [2.24, 2.45) is 7.05 Å². The maximum absolute atomic E-state index is 13.2. The molecule has 2 heterocycles. The Hall–Kier alpha value is -4.53. The number of para-hydroxylation sites is 1. The Balaban J connectivity index is 1.72. The van der Waals surface area contributed by atoms with Gasteiger partial charge in [-0.3, -0.25) is 23.6 Å². The topological polar surface area (TPSA) is 102 Å². The van der Waals surface area contributed by atoms with Gasteiger partial charge in [-0.25, -0.2) is 4.98 Å². The number of fused-ring (bicyclic) bond motifs is 2. The summed E-state index contributed by atoms with van der Waals surface area (Å²) < 4.78 is 2.80. The maximum atomic E-state index is 13.2. The highest BCUT2D eigenvalue weighted by molar-refractivity contribution is 6.15. The lowest BCUT2D eigenvalue weighted by Gasteiger charge is -2.15. The highest BCUT2D eigenvalue weighted by Gasteiger charge is 2.18. The molecule has 2 aromatic heterocycles. The van der Waals surface area contributed by atoms with Crippen molar-refractivity contribution in [1.29, 1.82) is 0 Å². The van der Waals surface area contributed by atoms with E-state index in [4.69, 9.17) is 0 Å². The number of hydrogen-bond donors (Lipinski definition) is 1. The van der Waals surface area contributed by atoms with Crippen LogP contribution >= 0.6 is 0 Å².